The molecule has 0 unspecified atom stereocenters. The number of rotatable bonds is 0. The molecule has 1 aromatic heterocycles. The van der Waals surface area contributed by atoms with E-state index in [1.165, 1.54) is 0 Å². The van der Waals surface area contributed by atoms with Crippen molar-refractivity contribution in [3.8, 4) is 0 Å². The molecular formula is C7H11BO. The Hall–Kier alpha value is -0.625. The van der Waals surface area contributed by atoms with Gasteiger partial charge < -0.3 is 5.11 Å². The third kappa shape index (κ3) is 7.37. The first-order chi connectivity index (χ1) is 4.41. The molecule has 1 N–H and O–H groups in total. The Morgan fingerprint density at radius 3 is 1.78 bits per heavy atom. The van der Waals surface area contributed by atoms with Crippen LogP contribution in [-0.4, -0.2) is 18.6 Å². The van der Waals surface area contributed by atoms with Gasteiger partial charge in [-0.25, -0.2) is 0 Å². The second-order valence-electron chi connectivity index (χ2n) is 1.47. The van der Waals surface area contributed by atoms with Crippen LogP contribution < -0.4 is 0 Å². The number of aliphatic hydroxyl groups is 1. The molecule has 0 saturated carbocycles. The zero-order valence-electron chi connectivity index (χ0n) is 5.62. The molecule has 0 bridgehead atoms. The zero-order valence-corrected chi connectivity index (χ0v) is 5.62. The minimum atomic E-state index is 0.250. The van der Waals surface area contributed by atoms with Crippen LogP contribution in [0.4, 0.5) is 0 Å². The summed E-state index contributed by atoms with van der Waals surface area (Å²) in [4.78, 5) is 0. The van der Waals surface area contributed by atoms with Gasteiger partial charge in [0.15, 0.2) is 0 Å². The molecule has 1 nitrogen and oxygen atoms in total. The predicted molar refractivity (Wildman–Crippen MR) is 40.5 cm³/mol. The van der Waals surface area contributed by atoms with E-state index >= 15 is 0 Å². The number of hydrogen-bond acceptors (Lipinski definition) is 1. The van der Waals surface area contributed by atoms with Crippen molar-refractivity contribution in [2.75, 3.05) is 6.61 Å². The first-order valence-corrected chi connectivity index (χ1v) is 3.02. The van der Waals surface area contributed by atoms with Crippen molar-refractivity contribution in [2.45, 2.75) is 6.92 Å². The molecule has 2 heteroatoms. The van der Waals surface area contributed by atoms with Gasteiger partial charge in [-0.1, -0.05) is 0 Å². The van der Waals surface area contributed by atoms with Crippen LogP contribution in [0.15, 0.2) is 30.1 Å². The maximum atomic E-state index is 7.57. The Balaban J connectivity index is 0.000000187. The second-order valence-corrected chi connectivity index (χ2v) is 1.47. The van der Waals surface area contributed by atoms with Crippen LogP contribution in [0, 0.1) is 0 Å². The van der Waals surface area contributed by atoms with Crippen LogP contribution >= 0.6 is 0 Å². The molecule has 1 aromatic rings. The summed E-state index contributed by atoms with van der Waals surface area (Å²) >= 11 is 0. The Morgan fingerprint density at radius 1 is 1.22 bits per heavy atom. The van der Waals surface area contributed by atoms with Gasteiger partial charge in [-0.05, 0) is 6.92 Å². The molecule has 1 heterocycles. The predicted octanol–water partition coefficient (Wildman–Crippen LogP) is 1.02. The van der Waals surface area contributed by atoms with E-state index in [0.29, 0.717) is 0 Å². The summed E-state index contributed by atoms with van der Waals surface area (Å²) in [5.74, 6) is 4.00. The summed E-state index contributed by atoms with van der Waals surface area (Å²) < 4.78 is 0. The molecule has 0 fully saturated rings. The number of aliphatic hydroxyl groups excluding tert-OH is 1. The summed E-state index contributed by atoms with van der Waals surface area (Å²) in [6, 6.07) is 6.00. The third-order valence-electron chi connectivity index (χ3n) is 0.667. The van der Waals surface area contributed by atoms with Crippen molar-refractivity contribution in [2.24, 2.45) is 0 Å². The molecule has 0 spiro atoms. The van der Waals surface area contributed by atoms with E-state index in [4.69, 9.17) is 5.11 Å². The van der Waals surface area contributed by atoms with Crippen LogP contribution in [0.2, 0.25) is 0 Å². The van der Waals surface area contributed by atoms with E-state index in [1.807, 2.05) is 37.0 Å². The minimum absolute atomic E-state index is 0.250. The summed E-state index contributed by atoms with van der Waals surface area (Å²) in [6.45, 7) is 3.93. The van der Waals surface area contributed by atoms with E-state index in [-0.39, 0.29) is 6.61 Å². The van der Waals surface area contributed by atoms with Crippen LogP contribution in [-0.2, 0) is 0 Å². The van der Waals surface area contributed by atoms with Crippen LogP contribution in [0.25, 0.3) is 0 Å². The maximum absolute atomic E-state index is 7.57. The van der Waals surface area contributed by atoms with Gasteiger partial charge in [0.1, 0.15) is 0 Å². The molecule has 0 amide bonds. The van der Waals surface area contributed by atoms with Crippen LogP contribution in [0.1, 0.15) is 6.92 Å². The van der Waals surface area contributed by atoms with E-state index in [1.54, 1.807) is 6.92 Å². The van der Waals surface area contributed by atoms with Gasteiger partial charge in [-0.2, -0.15) is 0 Å². The molecule has 48 valence electrons. The van der Waals surface area contributed by atoms with Gasteiger partial charge in [0, 0.05) is 6.61 Å². The normalized spacial score (nSPS) is 6.89. The topological polar surface area (TPSA) is 20.2 Å². The van der Waals surface area contributed by atoms with Crippen molar-refractivity contribution in [1.29, 1.82) is 0 Å². The fourth-order valence-electron chi connectivity index (χ4n) is 0.385. The molecule has 0 aliphatic rings. The molecule has 0 aromatic carbocycles. The summed E-state index contributed by atoms with van der Waals surface area (Å²) in [5, 5.41) is 7.57. The fraction of sp³-hybridized carbons (Fsp3) is 0.286. The zero-order chi connectivity index (χ0) is 6.95. The van der Waals surface area contributed by atoms with Crippen molar-refractivity contribution in [3.05, 3.63) is 30.1 Å². The quantitative estimate of drug-likeness (QED) is 0.544. The first-order valence-electron chi connectivity index (χ1n) is 3.02. The Morgan fingerprint density at radius 2 is 1.67 bits per heavy atom. The third-order valence-corrected chi connectivity index (χ3v) is 0.667. The van der Waals surface area contributed by atoms with Gasteiger partial charge in [0.25, 0.3) is 0 Å². The molecule has 0 aliphatic carbocycles. The number of hydrogen-bond donors (Lipinski definition) is 1. The molecule has 0 atom stereocenters. The molecule has 0 aliphatic heterocycles. The summed E-state index contributed by atoms with van der Waals surface area (Å²) in [5.41, 5.74) is 0. The van der Waals surface area contributed by atoms with Gasteiger partial charge in [0.05, 0.1) is 0 Å². The SMILES string of the molecule is CCO.b1ccccc1. The monoisotopic (exact) mass is 122 g/mol. The van der Waals surface area contributed by atoms with Crippen molar-refractivity contribution in [1.82, 2.24) is 0 Å². The second kappa shape index (κ2) is 7.37. The Kier molecular flexibility index (Phi) is 6.86. The fourth-order valence-corrected chi connectivity index (χ4v) is 0.385. The van der Waals surface area contributed by atoms with E-state index in [9.17, 15) is 0 Å². The summed E-state index contributed by atoms with van der Waals surface area (Å²) in [7, 11) is 0. The van der Waals surface area contributed by atoms with Gasteiger partial charge in [-0.3, -0.25) is 0 Å². The molecular weight excluding hydrogens is 111 g/mol. The average Bonchev–Trinajstić information content (AvgIpc) is 1.93. The standard InChI is InChI=1S/C5H5B.C2H6O/c1-2-4-6-5-3-1;1-2-3/h1-5H;3H,2H2,1H3. The van der Waals surface area contributed by atoms with Crippen molar-refractivity contribution < 1.29 is 5.11 Å². The average molecular weight is 122 g/mol. The van der Waals surface area contributed by atoms with E-state index < -0.39 is 0 Å². The van der Waals surface area contributed by atoms with Gasteiger partial charge in [-0.15, -0.1) is 0 Å². The van der Waals surface area contributed by atoms with E-state index in [2.05, 4.69) is 0 Å². The van der Waals surface area contributed by atoms with Gasteiger partial charge >= 0.3 is 37.0 Å². The van der Waals surface area contributed by atoms with Crippen molar-refractivity contribution >= 4 is 6.91 Å². The molecule has 9 heavy (non-hydrogen) atoms. The Labute approximate surface area is 56.6 Å². The molecule has 1 rings (SSSR count). The summed E-state index contributed by atoms with van der Waals surface area (Å²) in [6.07, 6.45) is 0. The molecule has 0 radical (unpaired) electrons. The van der Waals surface area contributed by atoms with Crippen LogP contribution in [0.5, 0.6) is 0 Å². The van der Waals surface area contributed by atoms with Crippen molar-refractivity contribution in [3.63, 3.8) is 0 Å². The van der Waals surface area contributed by atoms with Crippen LogP contribution in [0.3, 0.4) is 0 Å². The first kappa shape index (κ1) is 8.37. The Bertz CT molecular complexity index is 91.8. The van der Waals surface area contributed by atoms with Gasteiger partial charge in [0.2, 0.25) is 0 Å². The van der Waals surface area contributed by atoms with E-state index in [0.717, 1.165) is 0 Å². The molecule has 0 saturated heterocycles.